The molecule has 50 heavy (non-hydrogen) atoms. The molecular weight excluding hydrogens is 607 g/mol. The Kier molecular flexibility index (Phi) is 7.68. The van der Waals surface area contributed by atoms with Crippen molar-refractivity contribution >= 4 is 38.9 Å². The number of rotatable bonds is 7. The van der Waals surface area contributed by atoms with Gasteiger partial charge in [0.1, 0.15) is 11.2 Å². The van der Waals surface area contributed by atoms with Crippen LogP contribution in [0.1, 0.15) is 12.0 Å². The Hall–Kier alpha value is -6.38. The number of furan rings is 1. The fourth-order valence-corrected chi connectivity index (χ4v) is 7.20. The number of nitrogens with zero attached hydrogens (tertiary/aromatic N) is 1. The summed E-state index contributed by atoms with van der Waals surface area (Å²) in [5.41, 5.74) is 13.9. The number of para-hydroxylation sites is 1. The molecule has 7 aromatic carbocycles. The van der Waals surface area contributed by atoms with Crippen molar-refractivity contribution in [3.8, 4) is 33.4 Å². The monoisotopic (exact) mass is 641 g/mol. The van der Waals surface area contributed by atoms with Crippen LogP contribution in [0.25, 0.3) is 60.9 Å². The summed E-state index contributed by atoms with van der Waals surface area (Å²) in [5, 5.41) is 2.28. The Morgan fingerprint density at radius 3 is 1.40 bits per heavy atom. The third-order valence-electron chi connectivity index (χ3n) is 9.82. The molecule has 1 heterocycles. The van der Waals surface area contributed by atoms with Gasteiger partial charge >= 0.3 is 0 Å². The number of hydrogen-bond donors (Lipinski definition) is 0. The average Bonchev–Trinajstić information content (AvgIpc) is 3.57. The lowest BCUT2D eigenvalue weighted by Crippen LogP contribution is -2.30. The number of benzene rings is 7. The average molecular weight is 642 g/mol. The smallest absolute Gasteiger partial charge is 0.135 e. The van der Waals surface area contributed by atoms with Crippen LogP contribution < -0.4 is 4.90 Å². The van der Waals surface area contributed by atoms with Gasteiger partial charge in [0.25, 0.3) is 0 Å². The van der Waals surface area contributed by atoms with Crippen molar-refractivity contribution in [2.24, 2.45) is 0 Å². The lowest BCUT2D eigenvalue weighted by Gasteiger charge is -2.33. The number of allylic oxidation sites excluding steroid dienone is 2. The van der Waals surface area contributed by atoms with Crippen molar-refractivity contribution in [3.63, 3.8) is 0 Å². The van der Waals surface area contributed by atoms with Crippen molar-refractivity contribution in [2.75, 3.05) is 4.90 Å². The highest BCUT2D eigenvalue weighted by molar-refractivity contribution is 6.07. The van der Waals surface area contributed by atoms with E-state index in [9.17, 15) is 0 Å². The Bertz CT molecular complexity index is 2470. The summed E-state index contributed by atoms with van der Waals surface area (Å²) < 4.78 is 6.22. The van der Waals surface area contributed by atoms with E-state index in [1.165, 1.54) is 55.9 Å². The van der Waals surface area contributed by atoms with Crippen LogP contribution in [0.2, 0.25) is 0 Å². The topological polar surface area (TPSA) is 16.4 Å². The summed E-state index contributed by atoms with van der Waals surface area (Å²) in [4.78, 5) is 2.44. The summed E-state index contributed by atoms with van der Waals surface area (Å²) >= 11 is 0. The second kappa shape index (κ2) is 12.9. The summed E-state index contributed by atoms with van der Waals surface area (Å²) in [6.07, 6.45) is 7.91. The molecule has 0 spiro atoms. The van der Waals surface area contributed by atoms with Gasteiger partial charge in [0.15, 0.2) is 0 Å². The van der Waals surface area contributed by atoms with Crippen LogP contribution in [0.3, 0.4) is 0 Å². The van der Waals surface area contributed by atoms with Gasteiger partial charge in [-0.15, -0.1) is 0 Å². The molecule has 238 valence electrons. The third kappa shape index (κ3) is 5.71. The Morgan fingerprint density at radius 2 is 0.860 bits per heavy atom. The van der Waals surface area contributed by atoms with Gasteiger partial charge in [-0.25, -0.2) is 0 Å². The van der Waals surface area contributed by atoms with E-state index in [0.717, 1.165) is 28.4 Å². The van der Waals surface area contributed by atoms with Crippen LogP contribution in [0.5, 0.6) is 0 Å². The molecule has 0 amide bonds. The molecule has 0 fully saturated rings. The van der Waals surface area contributed by atoms with Crippen LogP contribution >= 0.6 is 0 Å². The van der Waals surface area contributed by atoms with E-state index >= 15 is 0 Å². The first-order chi connectivity index (χ1) is 24.8. The van der Waals surface area contributed by atoms with E-state index in [4.69, 9.17) is 4.42 Å². The van der Waals surface area contributed by atoms with Crippen LogP contribution in [0.15, 0.2) is 199 Å². The van der Waals surface area contributed by atoms with Crippen LogP contribution in [-0.2, 0) is 0 Å². The first-order valence-corrected chi connectivity index (χ1v) is 17.3. The highest BCUT2D eigenvalue weighted by Gasteiger charge is 2.21. The van der Waals surface area contributed by atoms with Crippen molar-refractivity contribution < 1.29 is 4.42 Å². The quantitative estimate of drug-likeness (QED) is 0.172. The zero-order chi connectivity index (χ0) is 33.3. The third-order valence-corrected chi connectivity index (χ3v) is 9.82. The number of anilines is 2. The minimum atomic E-state index is 0.226. The molecule has 9 rings (SSSR count). The second-order valence-electron chi connectivity index (χ2n) is 12.9. The van der Waals surface area contributed by atoms with Gasteiger partial charge in [-0.3, -0.25) is 0 Å². The molecule has 2 heteroatoms. The van der Waals surface area contributed by atoms with Crippen molar-refractivity contribution in [2.45, 2.75) is 12.5 Å². The predicted octanol–water partition coefficient (Wildman–Crippen LogP) is 13.1. The Morgan fingerprint density at radius 1 is 0.420 bits per heavy atom. The molecular formula is C48H35NO. The van der Waals surface area contributed by atoms with Crippen molar-refractivity contribution in [1.82, 2.24) is 0 Å². The molecule has 0 N–H and O–H groups in total. The molecule has 0 aliphatic heterocycles. The SMILES string of the molecule is C1=CC(N(c2ccccc2)c2ccc(-c3ccc(-c4ccc5oc6ccc(-c7ccccc7)cc6c5c4)cc3)cc2)CC=C1c1ccccc1. The molecule has 0 saturated carbocycles. The molecule has 1 atom stereocenters. The maximum absolute atomic E-state index is 6.22. The molecule has 1 aliphatic carbocycles. The summed E-state index contributed by atoms with van der Waals surface area (Å²) in [7, 11) is 0. The minimum absolute atomic E-state index is 0.226. The maximum atomic E-state index is 6.22. The molecule has 8 aromatic rings. The molecule has 0 saturated heterocycles. The molecule has 1 unspecified atom stereocenters. The highest BCUT2D eigenvalue weighted by atomic mass is 16.3. The molecule has 0 radical (unpaired) electrons. The standard InChI is InChI=1S/C48H35NO/c1-4-10-34(11-5-1)37-20-26-43(27-21-37)49(42-14-8-3-9-15-42)44-28-22-38(23-29-44)36-16-18-39(19-17-36)41-25-31-48-46(33-41)45-32-40(24-30-47(45)50-48)35-12-6-2-7-13-35/h1-26,28-33,43H,27H2. The first-order valence-electron chi connectivity index (χ1n) is 17.3. The molecule has 2 nitrogen and oxygen atoms in total. The van der Waals surface area contributed by atoms with Crippen LogP contribution in [0, 0.1) is 0 Å². The number of hydrogen-bond acceptors (Lipinski definition) is 2. The first kappa shape index (κ1) is 29.7. The lowest BCUT2D eigenvalue weighted by atomic mass is 9.95. The second-order valence-corrected chi connectivity index (χ2v) is 12.9. The van der Waals surface area contributed by atoms with E-state index < -0.39 is 0 Å². The summed E-state index contributed by atoms with van der Waals surface area (Å²) in [6, 6.07) is 62.9. The Balaban J connectivity index is 0.976. The lowest BCUT2D eigenvalue weighted by molar-refractivity contribution is 0.669. The van der Waals surface area contributed by atoms with Gasteiger partial charge in [-0.2, -0.15) is 0 Å². The summed E-state index contributed by atoms with van der Waals surface area (Å²) in [5.74, 6) is 0. The molecule has 1 aliphatic rings. The maximum Gasteiger partial charge on any atom is 0.135 e. The molecule has 1 aromatic heterocycles. The Labute approximate surface area is 292 Å². The zero-order valence-corrected chi connectivity index (χ0v) is 27.6. The van der Waals surface area contributed by atoms with E-state index in [1.54, 1.807) is 0 Å². The van der Waals surface area contributed by atoms with E-state index in [-0.39, 0.29) is 6.04 Å². The largest absolute Gasteiger partial charge is 0.456 e. The highest BCUT2D eigenvalue weighted by Crippen LogP contribution is 2.37. The summed E-state index contributed by atoms with van der Waals surface area (Å²) in [6.45, 7) is 0. The normalized spacial score (nSPS) is 14.2. The van der Waals surface area contributed by atoms with Crippen molar-refractivity contribution in [3.05, 3.63) is 200 Å². The number of fused-ring (bicyclic) bond motifs is 3. The van der Waals surface area contributed by atoms with Crippen molar-refractivity contribution in [1.29, 1.82) is 0 Å². The van der Waals surface area contributed by atoms with Gasteiger partial charge in [-0.1, -0.05) is 146 Å². The van der Waals surface area contributed by atoms with Gasteiger partial charge in [0.2, 0.25) is 0 Å². The van der Waals surface area contributed by atoms with E-state index in [0.29, 0.717) is 0 Å². The predicted molar refractivity (Wildman–Crippen MR) is 211 cm³/mol. The fraction of sp³-hybridized carbons (Fsp3) is 0.0417. The molecule has 0 bridgehead atoms. The fourth-order valence-electron chi connectivity index (χ4n) is 7.20. The zero-order valence-electron chi connectivity index (χ0n) is 27.6. The van der Waals surface area contributed by atoms with Gasteiger partial charge in [-0.05, 0) is 99.5 Å². The van der Waals surface area contributed by atoms with E-state index in [2.05, 4.69) is 199 Å². The minimum Gasteiger partial charge on any atom is -0.456 e. The van der Waals surface area contributed by atoms with Gasteiger partial charge < -0.3 is 9.32 Å². The van der Waals surface area contributed by atoms with Gasteiger partial charge in [0, 0.05) is 22.1 Å². The van der Waals surface area contributed by atoms with Crippen LogP contribution in [0.4, 0.5) is 11.4 Å². The van der Waals surface area contributed by atoms with Gasteiger partial charge in [0.05, 0.1) is 6.04 Å². The van der Waals surface area contributed by atoms with Crippen LogP contribution in [-0.4, -0.2) is 6.04 Å². The van der Waals surface area contributed by atoms with E-state index in [1.807, 2.05) is 0 Å².